The fourth-order valence-corrected chi connectivity index (χ4v) is 4.76. The molecule has 3 fully saturated rings. The van der Waals surface area contributed by atoms with Crippen LogP contribution in [0.25, 0.3) is 10.9 Å². The van der Waals surface area contributed by atoms with Crippen molar-refractivity contribution in [2.24, 2.45) is 5.92 Å². The van der Waals surface area contributed by atoms with Crippen molar-refractivity contribution in [3.63, 3.8) is 0 Å². The van der Waals surface area contributed by atoms with Crippen molar-refractivity contribution in [1.29, 1.82) is 0 Å². The van der Waals surface area contributed by atoms with Gasteiger partial charge >= 0.3 is 0 Å². The van der Waals surface area contributed by atoms with Gasteiger partial charge in [-0.1, -0.05) is 11.6 Å². The van der Waals surface area contributed by atoms with Crippen LogP contribution in [0, 0.1) is 5.92 Å². The molecule has 22 heavy (non-hydrogen) atoms. The molecule has 2 aromatic rings. The second-order valence-corrected chi connectivity index (χ2v) is 7.18. The molecule has 0 spiro atoms. The predicted octanol–water partition coefficient (Wildman–Crippen LogP) is 2.13. The lowest BCUT2D eigenvalue weighted by atomic mass is 9.93. The van der Waals surface area contributed by atoms with Crippen LogP contribution in [0.15, 0.2) is 18.2 Å². The van der Waals surface area contributed by atoms with Crippen molar-refractivity contribution in [3.05, 3.63) is 28.9 Å². The van der Waals surface area contributed by atoms with Gasteiger partial charge in [0.2, 0.25) is 0 Å². The number of rotatable bonds is 1. The van der Waals surface area contributed by atoms with E-state index in [1.54, 1.807) is 0 Å². The number of aromatic amines is 1. The van der Waals surface area contributed by atoms with Crippen LogP contribution in [-0.4, -0.2) is 57.6 Å². The number of hydrogen-bond donors (Lipinski definition) is 1. The molecular weight excluding hydrogens is 300 g/mol. The minimum Gasteiger partial charge on any atom is -0.328 e. The Bertz CT molecular complexity index is 769. The first-order chi connectivity index (χ1) is 10.7. The first-order valence-corrected chi connectivity index (χ1v) is 8.27. The van der Waals surface area contributed by atoms with Crippen molar-refractivity contribution >= 4 is 28.4 Å². The number of hydrogen-bond acceptors (Lipinski definition) is 3. The third-order valence-corrected chi connectivity index (χ3v) is 5.80. The number of carbonyl (C=O) groups excluding carboxylic acids is 1. The summed E-state index contributed by atoms with van der Waals surface area (Å²) in [5.41, 5.74) is 1.36. The van der Waals surface area contributed by atoms with Gasteiger partial charge < -0.3 is 4.90 Å². The highest BCUT2D eigenvalue weighted by atomic mass is 35.5. The fourth-order valence-electron chi connectivity index (χ4n) is 4.59. The Balaban J connectivity index is 1.54. The van der Waals surface area contributed by atoms with Crippen LogP contribution in [0.5, 0.6) is 0 Å². The summed E-state index contributed by atoms with van der Waals surface area (Å²) in [6.07, 6.45) is 2.38. The SMILES string of the molecule is O=C(c1n[nH]c2cc(Cl)ccc12)N1C2CC3CCN(C2)CC31. The molecule has 6 heteroatoms. The first-order valence-electron chi connectivity index (χ1n) is 7.89. The molecule has 1 amide bonds. The summed E-state index contributed by atoms with van der Waals surface area (Å²) in [5, 5.41) is 8.74. The summed E-state index contributed by atoms with van der Waals surface area (Å²) in [4.78, 5) is 17.7. The molecule has 4 unspecified atom stereocenters. The molecule has 4 atom stereocenters. The Morgan fingerprint density at radius 2 is 2.27 bits per heavy atom. The summed E-state index contributed by atoms with van der Waals surface area (Å²) >= 11 is 6.01. The van der Waals surface area contributed by atoms with Gasteiger partial charge in [0.05, 0.1) is 5.52 Å². The van der Waals surface area contributed by atoms with E-state index < -0.39 is 0 Å². The minimum atomic E-state index is 0.0765. The zero-order valence-electron chi connectivity index (χ0n) is 12.1. The summed E-state index contributed by atoms with van der Waals surface area (Å²) < 4.78 is 0. The van der Waals surface area contributed by atoms with E-state index in [4.69, 9.17) is 11.6 Å². The quantitative estimate of drug-likeness (QED) is 0.877. The van der Waals surface area contributed by atoms with Crippen molar-refractivity contribution in [2.45, 2.75) is 24.9 Å². The lowest BCUT2D eigenvalue weighted by Gasteiger charge is -2.44. The molecule has 3 aliphatic heterocycles. The normalized spacial score (nSPS) is 32.9. The lowest BCUT2D eigenvalue weighted by molar-refractivity contribution is 0.0258. The highest BCUT2D eigenvalue weighted by Gasteiger charge is 2.51. The number of aromatic nitrogens is 2. The van der Waals surface area contributed by atoms with Gasteiger partial charge in [-0.05, 0) is 43.5 Å². The standard InChI is InChI=1S/C16H17ClN4O/c17-10-1-2-12-13(6-10)18-19-15(12)16(22)21-11-5-9-3-4-20(7-11)8-14(9)21/h1-2,6,9,11,14H,3-5,7-8H2,(H,18,19). The molecule has 0 radical (unpaired) electrons. The van der Waals surface area contributed by atoms with Gasteiger partial charge in [0, 0.05) is 35.6 Å². The monoisotopic (exact) mass is 316 g/mol. The van der Waals surface area contributed by atoms with Gasteiger partial charge in [-0.2, -0.15) is 5.10 Å². The Labute approximate surface area is 133 Å². The summed E-state index contributed by atoms with van der Waals surface area (Å²) in [7, 11) is 0. The molecule has 0 aliphatic carbocycles. The van der Waals surface area contributed by atoms with E-state index in [1.807, 2.05) is 18.2 Å². The van der Waals surface area contributed by atoms with E-state index in [2.05, 4.69) is 20.0 Å². The summed E-state index contributed by atoms with van der Waals surface area (Å²) in [5.74, 6) is 0.750. The highest BCUT2D eigenvalue weighted by molar-refractivity contribution is 6.31. The Kier molecular flexibility index (Phi) is 2.62. The molecule has 0 saturated carbocycles. The average molecular weight is 317 g/mol. The largest absolute Gasteiger partial charge is 0.328 e. The number of piperidine rings is 1. The topological polar surface area (TPSA) is 52.2 Å². The third kappa shape index (κ3) is 1.69. The van der Waals surface area contributed by atoms with Gasteiger partial charge in [-0.25, -0.2) is 0 Å². The zero-order chi connectivity index (χ0) is 14.8. The van der Waals surface area contributed by atoms with Crippen LogP contribution in [0.1, 0.15) is 23.3 Å². The van der Waals surface area contributed by atoms with Gasteiger partial charge in [0.15, 0.2) is 5.69 Å². The first kappa shape index (κ1) is 12.9. The van der Waals surface area contributed by atoms with Crippen LogP contribution >= 0.6 is 11.6 Å². The van der Waals surface area contributed by atoms with E-state index in [1.165, 1.54) is 13.0 Å². The maximum atomic E-state index is 13.1. The Hall–Kier alpha value is -1.59. The molecule has 3 aliphatic rings. The number of H-pyrrole nitrogens is 1. The third-order valence-electron chi connectivity index (χ3n) is 5.56. The van der Waals surface area contributed by atoms with Gasteiger partial charge in [0.1, 0.15) is 0 Å². The molecule has 114 valence electrons. The van der Waals surface area contributed by atoms with E-state index in [-0.39, 0.29) is 5.91 Å². The molecular formula is C16H17ClN4O. The smallest absolute Gasteiger partial charge is 0.275 e. The number of piperazine rings is 1. The molecule has 1 aromatic carbocycles. The van der Waals surface area contributed by atoms with Gasteiger partial charge in [-0.15, -0.1) is 0 Å². The Morgan fingerprint density at radius 1 is 1.36 bits per heavy atom. The van der Waals surface area contributed by atoms with E-state index in [9.17, 15) is 4.79 Å². The molecule has 1 N–H and O–H groups in total. The lowest BCUT2D eigenvalue weighted by Crippen LogP contribution is -2.58. The second kappa shape index (κ2) is 4.46. The van der Waals surface area contributed by atoms with Crippen molar-refractivity contribution in [2.75, 3.05) is 19.6 Å². The summed E-state index contributed by atoms with van der Waals surface area (Å²) in [6.45, 7) is 3.25. The van der Waals surface area contributed by atoms with Crippen LogP contribution in [0.2, 0.25) is 5.02 Å². The summed E-state index contributed by atoms with van der Waals surface area (Å²) in [6, 6.07) is 6.25. The van der Waals surface area contributed by atoms with Crippen LogP contribution in [0.4, 0.5) is 0 Å². The predicted molar refractivity (Wildman–Crippen MR) is 84.0 cm³/mol. The van der Waals surface area contributed by atoms with E-state index in [0.29, 0.717) is 28.7 Å². The minimum absolute atomic E-state index is 0.0765. The molecule has 1 aromatic heterocycles. The fraction of sp³-hybridized carbons (Fsp3) is 0.500. The van der Waals surface area contributed by atoms with Crippen LogP contribution < -0.4 is 0 Å². The van der Waals surface area contributed by atoms with Crippen molar-refractivity contribution in [1.82, 2.24) is 20.0 Å². The average Bonchev–Trinajstić information content (AvgIpc) is 2.95. The Morgan fingerprint density at radius 3 is 3.18 bits per heavy atom. The molecule has 5 nitrogen and oxygen atoms in total. The maximum absolute atomic E-state index is 13.1. The number of carbonyl (C=O) groups is 1. The van der Waals surface area contributed by atoms with E-state index >= 15 is 0 Å². The molecule has 3 bridgehead atoms. The number of halogens is 1. The maximum Gasteiger partial charge on any atom is 0.275 e. The second-order valence-electron chi connectivity index (χ2n) is 6.74. The zero-order valence-corrected chi connectivity index (χ0v) is 12.9. The number of nitrogens with zero attached hydrogens (tertiary/aromatic N) is 3. The molecule has 5 rings (SSSR count). The van der Waals surface area contributed by atoms with Gasteiger partial charge in [-0.3, -0.25) is 14.8 Å². The van der Waals surface area contributed by atoms with Crippen molar-refractivity contribution in [3.8, 4) is 0 Å². The van der Waals surface area contributed by atoms with Gasteiger partial charge in [0.25, 0.3) is 5.91 Å². The van der Waals surface area contributed by atoms with Crippen LogP contribution in [0.3, 0.4) is 0 Å². The number of amides is 1. The number of nitrogens with one attached hydrogen (secondary N) is 1. The van der Waals surface area contributed by atoms with Crippen molar-refractivity contribution < 1.29 is 4.79 Å². The van der Waals surface area contributed by atoms with Crippen LogP contribution in [-0.2, 0) is 0 Å². The number of fused-ring (bicyclic) bond motifs is 3. The highest BCUT2D eigenvalue weighted by Crippen LogP contribution is 2.41. The molecule has 3 saturated heterocycles. The number of benzene rings is 1. The van der Waals surface area contributed by atoms with E-state index in [0.717, 1.165) is 30.4 Å². The molecule has 4 heterocycles.